The van der Waals surface area contributed by atoms with E-state index in [-0.39, 0.29) is 18.2 Å². The molecule has 0 rings (SSSR count). The van der Waals surface area contributed by atoms with Gasteiger partial charge in [0.1, 0.15) is 0 Å². The molecule has 71 heavy (non-hydrogen) atoms. The number of aliphatic hydroxyl groups is 1. The number of esters is 1. The standard InChI is InChI=1S/C66H125NO4/c1-4-7-10-13-16-19-22-25-27-28-29-30-31-32-33-34-35-36-37-38-40-42-45-48-51-54-57-60-63(69)66(65(67)62(68)59-56-53-50-47-44-41-24-21-18-15-12-9-6-3)71-64(70)61-58-55-52-49-46-43-39-26-23-20-17-14-11-8-5-2/h17,20,26,39,56,59,62,65-66,68H,4-16,18-19,21-25,27-38,40-55,57-58,60-61,67H2,1-3H3. The molecule has 0 bridgehead atoms. The smallest absolute Gasteiger partial charge is 0.306 e. The van der Waals surface area contributed by atoms with Gasteiger partial charge in [-0.3, -0.25) is 9.59 Å². The summed E-state index contributed by atoms with van der Waals surface area (Å²) in [5.41, 5.74) is 6.53. The SMILES string of the molecule is CCCCCC=CCC=CCCCCCCCC(=O)OC(C(=O)CCCCCCCCCCCCCCCCCCCCCCCCCCCCC)C(N)C(O)C=CCCCCCCCCCCCCC. The third kappa shape index (κ3) is 52.9. The number of carbonyl (C=O) groups is 2. The van der Waals surface area contributed by atoms with Crippen molar-refractivity contribution in [3.05, 3.63) is 36.5 Å². The third-order valence-electron chi connectivity index (χ3n) is 15.0. The van der Waals surface area contributed by atoms with Gasteiger partial charge in [-0.05, 0) is 57.8 Å². The summed E-state index contributed by atoms with van der Waals surface area (Å²) in [6, 6.07) is -0.960. The highest BCUT2D eigenvalue weighted by Crippen LogP contribution is 2.19. The zero-order valence-electron chi connectivity index (χ0n) is 48.2. The van der Waals surface area contributed by atoms with Gasteiger partial charge < -0.3 is 15.6 Å². The van der Waals surface area contributed by atoms with E-state index in [4.69, 9.17) is 10.5 Å². The monoisotopic (exact) mass is 996 g/mol. The first kappa shape index (κ1) is 69.3. The average molecular weight is 997 g/mol. The molecule has 3 N–H and O–H groups in total. The summed E-state index contributed by atoms with van der Waals surface area (Å²) in [4.78, 5) is 26.6. The van der Waals surface area contributed by atoms with Crippen LogP contribution in [-0.2, 0) is 14.3 Å². The Balaban J connectivity index is 4.35. The number of hydrogen-bond donors (Lipinski definition) is 2. The minimum Gasteiger partial charge on any atom is -0.453 e. The summed E-state index contributed by atoms with van der Waals surface area (Å²) >= 11 is 0. The lowest BCUT2D eigenvalue weighted by atomic mass is 9.97. The highest BCUT2D eigenvalue weighted by Gasteiger charge is 2.32. The summed E-state index contributed by atoms with van der Waals surface area (Å²) in [5.74, 6) is -0.523. The second-order valence-electron chi connectivity index (χ2n) is 22.1. The third-order valence-corrected chi connectivity index (χ3v) is 15.0. The van der Waals surface area contributed by atoms with Crippen molar-refractivity contribution in [1.29, 1.82) is 0 Å². The lowest BCUT2D eigenvalue weighted by Crippen LogP contribution is -2.50. The van der Waals surface area contributed by atoms with Gasteiger partial charge in [0, 0.05) is 12.8 Å². The molecule has 0 heterocycles. The molecule has 0 radical (unpaired) electrons. The summed E-state index contributed by atoms with van der Waals surface area (Å²) in [6.45, 7) is 6.81. The van der Waals surface area contributed by atoms with Gasteiger partial charge in [0.05, 0.1) is 12.1 Å². The molecule has 0 aromatic heterocycles. The number of allylic oxidation sites excluding steroid dienone is 5. The van der Waals surface area contributed by atoms with E-state index in [1.807, 2.05) is 6.08 Å². The van der Waals surface area contributed by atoms with E-state index in [2.05, 4.69) is 45.1 Å². The Hall–Kier alpha value is -1.72. The second-order valence-corrected chi connectivity index (χ2v) is 22.1. The number of nitrogens with two attached hydrogens (primary N) is 1. The lowest BCUT2D eigenvalue weighted by molar-refractivity contribution is -0.157. The zero-order chi connectivity index (χ0) is 51.6. The van der Waals surface area contributed by atoms with Gasteiger partial charge in [0.2, 0.25) is 0 Å². The minimum atomic E-state index is -1.11. The first-order chi connectivity index (χ1) is 35.0. The minimum absolute atomic E-state index is 0.150. The molecule has 0 saturated heterocycles. The largest absolute Gasteiger partial charge is 0.453 e. The highest BCUT2D eigenvalue weighted by atomic mass is 16.5. The van der Waals surface area contributed by atoms with Crippen LogP contribution in [0.15, 0.2) is 36.5 Å². The van der Waals surface area contributed by atoms with Crippen LogP contribution in [0.2, 0.25) is 0 Å². The molecule has 0 aromatic carbocycles. The number of aliphatic hydroxyl groups excluding tert-OH is 1. The number of rotatable bonds is 59. The maximum atomic E-state index is 13.6. The van der Waals surface area contributed by atoms with Crippen molar-refractivity contribution in [2.75, 3.05) is 0 Å². The highest BCUT2D eigenvalue weighted by molar-refractivity contribution is 5.86. The number of ether oxygens (including phenoxy) is 1. The fraction of sp³-hybridized carbons (Fsp3) is 0.879. The summed E-state index contributed by atoms with van der Waals surface area (Å²) in [6.07, 6.45) is 75.5. The molecule has 418 valence electrons. The van der Waals surface area contributed by atoms with E-state index in [1.54, 1.807) is 6.08 Å². The topological polar surface area (TPSA) is 89.6 Å². The summed E-state index contributed by atoms with van der Waals surface area (Å²) in [7, 11) is 0. The molecule has 0 spiro atoms. The van der Waals surface area contributed by atoms with E-state index in [0.717, 1.165) is 77.0 Å². The van der Waals surface area contributed by atoms with Gasteiger partial charge in [-0.25, -0.2) is 0 Å². The lowest BCUT2D eigenvalue weighted by Gasteiger charge is -2.25. The van der Waals surface area contributed by atoms with Crippen molar-refractivity contribution in [3.63, 3.8) is 0 Å². The van der Waals surface area contributed by atoms with Crippen molar-refractivity contribution >= 4 is 11.8 Å². The predicted octanol–water partition coefficient (Wildman–Crippen LogP) is 21.2. The van der Waals surface area contributed by atoms with Gasteiger partial charge in [-0.1, -0.05) is 320 Å². The molecule has 0 saturated carbocycles. The van der Waals surface area contributed by atoms with Crippen LogP contribution in [0.4, 0.5) is 0 Å². The fourth-order valence-corrected chi connectivity index (χ4v) is 10.0. The molecular weight excluding hydrogens is 871 g/mol. The van der Waals surface area contributed by atoms with Crippen LogP contribution in [0.25, 0.3) is 0 Å². The summed E-state index contributed by atoms with van der Waals surface area (Å²) in [5, 5.41) is 11.1. The molecule has 5 heteroatoms. The van der Waals surface area contributed by atoms with Crippen LogP contribution < -0.4 is 5.73 Å². The van der Waals surface area contributed by atoms with E-state index in [1.165, 1.54) is 244 Å². The predicted molar refractivity (Wildman–Crippen MR) is 313 cm³/mol. The Morgan fingerprint density at radius 3 is 0.986 bits per heavy atom. The van der Waals surface area contributed by atoms with Gasteiger partial charge >= 0.3 is 5.97 Å². The number of unbranched alkanes of at least 4 members (excludes halogenated alkanes) is 45. The average Bonchev–Trinajstić information content (AvgIpc) is 3.37. The van der Waals surface area contributed by atoms with Crippen molar-refractivity contribution in [1.82, 2.24) is 0 Å². The molecular formula is C66H125NO4. The Labute approximate surface area is 444 Å². The van der Waals surface area contributed by atoms with Gasteiger partial charge in [-0.15, -0.1) is 0 Å². The Morgan fingerprint density at radius 1 is 0.366 bits per heavy atom. The number of hydrogen-bond acceptors (Lipinski definition) is 5. The quantitative estimate of drug-likeness (QED) is 0.0360. The molecule has 3 atom stereocenters. The molecule has 5 nitrogen and oxygen atoms in total. The van der Waals surface area contributed by atoms with Gasteiger partial charge in [0.15, 0.2) is 11.9 Å². The van der Waals surface area contributed by atoms with Gasteiger partial charge in [0.25, 0.3) is 0 Å². The number of Topliss-reactive ketones (excluding diaryl/α,β-unsaturated/α-hetero) is 1. The van der Waals surface area contributed by atoms with Crippen LogP contribution >= 0.6 is 0 Å². The zero-order valence-corrected chi connectivity index (χ0v) is 48.2. The van der Waals surface area contributed by atoms with Crippen molar-refractivity contribution in [3.8, 4) is 0 Å². The number of carbonyl (C=O) groups excluding carboxylic acids is 2. The van der Waals surface area contributed by atoms with E-state index < -0.39 is 18.2 Å². The molecule has 0 fully saturated rings. The molecule has 0 aliphatic carbocycles. The number of ketones is 1. The Morgan fingerprint density at radius 2 is 0.634 bits per heavy atom. The first-order valence-electron chi connectivity index (χ1n) is 32.1. The molecule has 3 unspecified atom stereocenters. The molecule has 0 aliphatic heterocycles. The van der Waals surface area contributed by atoms with Gasteiger partial charge in [-0.2, -0.15) is 0 Å². The fourth-order valence-electron chi connectivity index (χ4n) is 10.0. The molecule has 0 aromatic rings. The maximum absolute atomic E-state index is 13.6. The van der Waals surface area contributed by atoms with Crippen molar-refractivity contribution < 1.29 is 19.4 Å². The van der Waals surface area contributed by atoms with Crippen molar-refractivity contribution in [2.45, 2.75) is 373 Å². The van der Waals surface area contributed by atoms with E-state index in [9.17, 15) is 14.7 Å². The van der Waals surface area contributed by atoms with Crippen molar-refractivity contribution in [2.24, 2.45) is 5.73 Å². The molecule has 0 aliphatic rings. The Kier molecular flexibility index (Phi) is 57.7. The Bertz CT molecular complexity index is 1160. The van der Waals surface area contributed by atoms with E-state index in [0.29, 0.717) is 6.42 Å². The van der Waals surface area contributed by atoms with Crippen LogP contribution in [0, 0.1) is 0 Å². The van der Waals surface area contributed by atoms with Crippen LogP contribution in [0.5, 0.6) is 0 Å². The van der Waals surface area contributed by atoms with Crippen LogP contribution in [0.3, 0.4) is 0 Å². The van der Waals surface area contributed by atoms with E-state index >= 15 is 0 Å². The second kappa shape index (κ2) is 59.2. The summed E-state index contributed by atoms with van der Waals surface area (Å²) < 4.78 is 5.82. The van der Waals surface area contributed by atoms with Crippen LogP contribution in [-0.4, -0.2) is 35.1 Å². The maximum Gasteiger partial charge on any atom is 0.306 e. The molecule has 0 amide bonds. The van der Waals surface area contributed by atoms with Crippen LogP contribution in [0.1, 0.15) is 355 Å². The normalized spacial score (nSPS) is 13.3. The first-order valence-corrected chi connectivity index (χ1v) is 32.1.